The first-order valence-electron chi connectivity index (χ1n) is 10.8. The Labute approximate surface area is 208 Å². The number of nitrogens with one attached hydrogen (secondary N) is 1. The number of hydrazone groups is 1. The van der Waals surface area contributed by atoms with Gasteiger partial charge in [-0.05, 0) is 102 Å². The molecule has 3 rings (SSSR count). The fourth-order valence-electron chi connectivity index (χ4n) is 2.89. The van der Waals surface area contributed by atoms with E-state index in [1.165, 1.54) is 3.57 Å². The first-order chi connectivity index (χ1) is 16.1. The Kier molecular flexibility index (Phi) is 9.56. The van der Waals surface area contributed by atoms with E-state index < -0.39 is 0 Å². The van der Waals surface area contributed by atoms with E-state index in [1.807, 2.05) is 56.3 Å². The standard InChI is InChI=1S/C26H27IN2O4/c1-3-15-32-23-12-8-21(9-13-23)26(30)29-28-17-20-7-14-24(25(16-20)31-4-2)33-18-19-5-10-22(27)11-6-19/h5-14,16-17H,3-4,15,18H2,1-2H3,(H,29,30)/b28-17+. The molecule has 0 bridgehead atoms. The van der Waals surface area contributed by atoms with Gasteiger partial charge in [-0.15, -0.1) is 0 Å². The number of benzene rings is 3. The van der Waals surface area contributed by atoms with Crippen molar-refractivity contribution in [1.29, 1.82) is 0 Å². The van der Waals surface area contributed by atoms with Crippen molar-refractivity contribution in [2.45, 2.75) is 26.9 Å². The molecule has 0 saturated carbocycles. The second-order valence-corrected chi connectivity index (χ2v) is 8.37. The van der Waals surface area contributed by atoms with E-state index in [0.717, 1.165) is 23.3 Å². The molecule has 0 aromatic heterocycles. The zero-order valence-corrected chi connectivity index (χ0v) is 20.9. The highest BCUT2D eigenvalue weighted by Gasteiger charge is 2.08. The topological polar surface area (TPSA) is 69.2 Å². The first-order valence-corrected chi connectivity index (χ1v) is 11.9. The van der Waals surface area contributed by atoms with Crippen LogP contribution in [0, 0.1) is 3.57 Å². The molecule has 172 valence electrons. The monoisotopic (exact) mass is 558 g/mol. The van der Waals surface area contributed by atoms with E-state index in [0.29, 0.717) is 36.9 Å². The normalized spacial score (nSPS) is 10.8. The highest BCUT2D eigenvalue weighted by molar-refractivity contribution is 14.1. The number of carbonyl (C=O) groups excluding carboxylic acids is 1. The Morgan fingerprint density at radius 3 is 2.39 bits per heavy atom. The third-order valence-electron chi connectivity index (χ3n) is 4.54. The van der Waals surface area contributed by atoms with Crippen LogP contribution in [0.2, 0.25) is 0 Å². The summed E-state index contributed by atoms with van der Waals surface area (Å²) in [5.74, 6) is 1.73. The summed E-state index contributed by atoms with van der Waals surface area (Å²) in [5, 5.41) is 4.07. The Morgan fingerprint density at radius 2 is 1.70 bits per heavy atom. The van der Waals surface area contributed by atoms with Gasteiger partial charge in [-0.2, -0.15) is 5.10 Å². The van der Waals surface area contributed by atoms with Crippen molar-refractivity contribution in [3.05, 3.63) is 87.0 Å². The Hall–Kier alpha value is -3.07. The molecule has 1 amide bonds. The van der Waals surface area contributed by atoms with E-state index in [-0.39, 0.29) is 5.91 Å². The lowest BCUT2D eigenvalue weighted by Gasteiger charge is -2.12. The van der Waals surface area contributed by atoms with Crippen molar-refractivity contribution in [2.24, 2.45) is 5.10 Å². The van der Waals surface area contributed by atoms with Gasteiger partial charge in [0.1, 0.15) is 12.4 Å². The second kappa shape index (κ2) is 12.8. The number of amides is 1. The molecule has 0 saturated heterocycles. The summed E-state index contributed by atoms with van der Waals surface area (Å²) < 4.78 is 18.4. The maximum Gasteiger partial charge on any atom is 0.271 e. The van der Waals surface area contributed by atoms with Crippen LogP contribution in [0.5, 0.6) is 17.2 Å². The molecule has 3 aromatic carbocycles. The molecule has 0 aliphatic rings. The molecule has 0 spiro atoms. The maximum atomic E-state index is 12.3. The molecule has 6 nitrogen and oxygen atoms in total. The molecule has 33 heavy (non-hydrogen) atoms. The minimum atomic E-state index is -0.296. The van der Waals surface area contributed by atoms with E-state index in [4.69, 9.17) is 14.2 Å². The summed E-state index contributed by atoms with van der Waals surface area (Å²) in [6.07, 6.45) is 2.50. The fourth-order valence-corrected chi connectivity index (χ4v) is 3.25. The van der Waals surface area contributed by atoms with Crippen molar-refractivity contribution < 1.29 is 19.0 Å². The van der Waals surface area contributed by atoms with Crippen molar-refractivity contribution in [3.8, 4) is 17.2 Å². The lowest BCUT2D eigenvalue weighted by atomic mass is 10.2. The maximum absolute atomic E-state index is 12.3. The van der Waals surface area contributed by atoms with E-state index in [1.54, 1.807) is 30.5 Å². The van der Waals surface area contributed by atoms with Gasteiger partial charge in [0.2, 0.25) is 0 Å². The van der Waals surface area contributed by atoms with Crippen LogP contribution in [0.4, 0.5) is 0 Å². The minimum Gasteiger partial charge on any atom is -0.494 e. The number of hydrogen-bond acceptors (Lipinski definition) is 5. The van der Waals surface area contributed by atoms with Gasteiger partial charge in [-0.25, -0.2) is 5.43 Å². The van der Waals surface area contributed by atoms with Gasteiger partial charge in [0.05, 0.1) is 19.4 Å². The van der Waals surface area contributed by atoms with Crippen LogP contribution >= 0.6 is 22.6 Å². The van der Waals surface area contributed by atoms with Gasteiger partial charge in [-0.1, -0.05) is 19.1 Å². The van der Waals surface area contributed by atoms with E-state index >= 15 is 0 Å². The van der Waals surface area contributed by atoms with E-state index in [9.17, 15) is 4.79 Å². The van der Waals surface area contributed by atoms with Crippen LogP contribution < -0.4 is 19.6 Å². The predicted octanol–water partition coefficient (Wildman–Crippen LogP) is 5.82. The smallest absolute Gasteiger partial charge is 0.271 e. The lowest BCUT2D eigenvalue weighted by Crippen LogP contribution is -2.17. The highest BCUT2D eigenvalue weighted by Crippen LogP contribution is 2.29. The highest BCUT2D eigenvalue weighted by atomic mass is 127. The van der Waals surface area contributed by atoms with Crippen molar-refractivity contribution in [2.75, 3.05) is 13.2 Å². The van der Waals surface area contributed by atoms with Crippen LogP contribution in [-0.2, 0) is 6.61 Å². The number of hydrogen-bond donors (Lipinski definition) is 1. The summed E-state index contributed by atoms with van der Waals surface area (Å²) >= 11 is 2.28. The second-order valence-electron chi connectivity index (χ2n) is 7.13. The zero-order valence-electron chi connectivity index (χ0n) is 18.7. The summed E-state index contributed by atoms with van der Waals surface area (Å²) in [7, 11) is 0. The Balaban J connectivity index is 1.59. The molecule has 0 fully saturated rings. The molecular weight excluding hydrogens is 531 g/mol. The fraction of sp³-hybridized carbons (Fsp3) is 0.231. The molecule has 7 heteroatoms. The molecule has 1 N–H and O–H groups in total. The van der Waals surface area contributed by atoms with Crippen molar-refractivity contribution >= 4 is 34.7 Å². The van der Waals surface area contributed by atoms with Gasteiger partial charge >= 0.3 is 0 Å². The van der Waals surface area contributed by atoms with Gasteiger partial charge in [0, 0.05) is 9.13 Å². The summed E-state index contributed by atoms with van der Waals surface area (Å²) in [6, 6.07) is 20.7. The van der Waals surface area contributed by atoms with Gasteiger partial charge in [-0.3, -0.25) is 4.79 Å². The number of halogens is 1. The first kappa shape index (κ1) is 24.6. The number of nitrogens with zero attached hydrogens (tertiary/aromatic N) is 1. The van der Waals surface area contributed by atoms with Gasteiger partial charge in [0.15, 0.2) is 11.5 Å². The van der Waals surface area contributed by atoms with E-state index in [2.05, 4.69) is 33.1 Å². The average Bonchev–Trinajstić information content (AvgIpc) is 2.83. The lowest BCUT2D eigenvalue weighted by molar-refractivity contribution is 0.0955. The van der Waals surface area contributed by atoms with Crippen LogP contribution in [0.1, 0.15) is 41.8 Å². The largest absolute Gasteiger partial charge is 0.494 e. The Morgan fingerprint density at radius 1 is 0.939 bits per heavy atom. The molecule has 0 heterocycles. The quantitative estimate of drug-likeness (QED) is 0.183. The molecule has 0 radical (unpaired) electrons. The molecule has 0 atom stereocenters. The average molecular weight is 558 g/mol. The summed E-state index contributed by atoms with van der Waals surface area (Å²) in [5.41, 5.74) is 4.91. The van der Waals surface area contributed by atoms with Crippen LogP contribution in [0.25, 0.3) is 0 Å². The van der Waals surface area contributed by atoms with Crippen LogP contribution in [-0.4, -0.2) is 25.3 Å². The van der Waals surface area contributed by atoms with Crippen LogP contribution in [0.15, 0.2) is 71.8 Å². The minimum absolute atomic E-state index is 0.296. The third kappa shape index (κ3) is 7.78. The molecule has 0 aliphatic carbocycles. The molecule has 3 aromatic rings. The van der Waals surface area contributed by atoms with Crippen molar-refractivity contribution in [3.63, 3.8) is 0 Å². The number of rotatable bonds is 11. The predicted molar refractivity (Wildman–Crippen MR) is 138 cm³/mol. The van der Waals surface area contributed by atoms with Gasteiger partial charge < -0.3 is 14.2 Å². The SMILES string of the molecule is CCCOc1ccc(C(=O)N/N=C/c2ccc(OCc3ccc(I)cc3)c(OCC)c2)cc1. The van der Waals surface area contributed by atoms with Crippen LogP contribution in [0.3, 0.4) is 0 Å². The zero-order chi connectivity index (χ0) is 23.5. The van der Waals surface area contributed by atoms with Gasteiger partial charge in [0.25, 0.3) is 5.91 Å². The molecule has 0 unspecified atom stereocenters. The summed E-state index contributed by atoms with van der Waals surface area (Å²) in [6.45, 7) is 5.57. The number of ether oxygens (including phenoxy) is 3. The van der Waals surface area contributed by atoms with Crippen molar-refractivity contribution in [1.82, 2.24) is 5.43 Å². The number of carbonyl (C=O) groups is 1. The third-order valence-corrected chi connectivity index (χ3v) is 5.26. The molecule has 0 aliphatic heterocycles. The molecular formula is C26H27IN2O4. The Bertz CT molecular complexity index is 1070. The summed E-state index contributed by atoms with van der Waals surface area (Å²) in [4.78, 5) is 12.3.